The monoisotopic (exact) mass is 227 g/mol. The van der Waals surface area contributed by atoms with Gasteiger partial charge in [-0.2, -0.15) is 0 Å². The number of anilines is 1. The van der Waals surface area contributed by atoms with Gasteiger partial charge in [-0.15, -0.1) is 0 Å². The van der Waals surface area contributed by atoms with Crippen LogP contribution in [0.1, 0.15) is 6.92 Å². The number of ether oxygens (including phenoxy) is 1. The SMILES string of the molecule is CCOc1cccc(-c2cccc(NC)c2)c1. The van der Waals surface area contributed by atoms with E-state index in [1.807, 2.05) is 26.1 Å². The molecule has 1 N–H and O–H groups in total. The van der Waals surface area contributed by atoms with Crippen molar-refractivity contribution in [2.45, 2.75) is 6.92 Å². The Hall–Kier alpha value is -1.96. The average Bonchev–Trinajstić information content (AvgIpc) is 2.40. The Morgan fingerprint density at radius 2 is 1.71 bits per heavy atom. The van der Waals surface area contributed by atoms with Crippen molar-refractivity contribution in [3.8, 4) is 16.9 Å². The number of hydrogen-bond donors (Lipinski definition) is 1. The van der Waals surface area contributed by atoms with Crippen LogP contribution in [0.3, 0.4) is 0 Å². The van der Waals surface area contributed by atoms with E-state index in [9.17, 15) is 0 Å². The molecule has 0 fully saturated rings. The van der Waals surface area contributed by atoms with Crippen LogP contribution < -0.4 is 10.1 Å². The minimum absolute atomic E-state index is 0.694. The second-order valence-corrected chi connectivity index (χ2v) is 3.79. The first kappa shape index (κ1) is 11.5. The van der Waals surface area contributed by atoms with Crippen LogP contribution in [0.2, 0.25) is 0 Å². The fourth-order valence-corrected chi connectivity index (χ4v) is 1.79. The van der Waals surface area contributed by atoms with Gasteiger partial charge >= 0.3 is 0 Å². The van der Waals surface area contributed by atoms with Crippen molar-refractivity contribution in [2.24, 2.45) is 0 Å². The van der Waals surface area contributed by atoms with Crippen molar-refractivity contribution in [3.05, 3.63) is 48.5 Å². The van der Waals surface area contributed by atoms with Gasteiger partial charge in [0.15, 0.2) is 0 Å². The molecule has 0 aliphatic carbocycles. The van der Waals surface area contributed by atoms with E-state index in [0.29, 0.717) is 6.61 Å². The summed E-state index contributed by atoms with van der Waals surface area (Å²) < 4.78 is 5.51. The molecule has 0 saturated carbocycles. The molecule has 0 amide bonds. The molecule has 2 heteroatoms. The quantitative estimate of drug-likeness (QED) is 0.858. The zero-order chi connectivity index (χ0) is 12.1. The molecule has 0 bridgehead atoms. The lowest BCUT2D eigenvalue weighted by Gasteiger charge is -2.07. The molecule has 0 aromatic heterocycles. The van der Waals surface area contributed by atoms with E-state index in [1.54, 1.807) is 0 Å². The summed E-state index contributed by atoms with van der Waals surface area (Å²) in [5.74, 6) is 0.917. The third kappa shape index (κ3) is 2.78. The Morgan fingerprint density at radius 3 is 2.41 bits per heavy atom. The van der Waals surface area contributed by atoms with Crippen LogP contribution in [0.5, 0.6) is 5.75 Å². The van der Waals surface area contributed by atoms with E-state index in [1.165, 1.54) is 11.1 Å². The maximum atomic E-state index is 5.51. The summed E-state index contributed by atoms with van der Waals surface area (Å²) >= 11 is 0. The number of rotatable bonds is 4. The minimum Gasteiger partial charge on any atom is -0.494 e. The standard InChI is InChI=1S/C15H17NO/c1-3-17-15-9-5-7-13(11-15)12-6-4-8-14(10-12)16-2/h4-11,16H,3H2,1-2H3. The van der Waals surface area contributed by atoms with Crippen LogP contribution in [0.4, 0.5) is 5.69 Å². The van der Waals surface area contributed by atoms with Gasteiger partial charge < -0.3 is 10.1 Å². The van der Waals surface area contributed by atoms with Crippen molar-refractivity contribution in [1.82, 2.24) is 0 Å². The van der Waals surface area contributed by atoms with Gasteiger partial charge in [-0.1, -0.05) is 24.3 Å². The smallest absolute Gasteiger partial charge is 0.119 e. The van der Waals surface area contributed by atoms with Crippen molar-refractivity contribution in [1.29, 1.82) is 0 Å². The maximum absolute atomic E-state index is 5.51. The molecule has 0 aliphatic heterocycles. The highest BCUT2D eigenvalue weighted by molar-refractivity contribution is 5.69. The average molecular weight is 227 g/mol. The van der Waals surface area contributed by atoms with Gasteiger partial charge in [-0.25, -0.2) is 0 Å². The lowest BCUT2D eigenvalue weighted by molar-refractivity contribution is 0.340. The Bertz CT molecular complexity index is 494. The highest BCUT2D eigenvalue weighted by Gasteiger charge is 2.00. The molecule has 0 spiro atoms. The zero-order valence-corrected chi connectivity index (χ0v) is 10.2. The molecule has 2 rings (SSSR count). The Kier molecular flexibility index (Phi) is 3.66. The van der Waals surface area contributed by atoms with E-state index >= 15 is 0 Å². The molecule has 0 radical (unpaired) electrons. The van der Waals surface area contributed by atoms with E-state index in [2.05, 4.69) is 41.7 Å². The van der Waals surface area contributed by atoms with Gasteiger partial charge in [-0.3, -0.25) is 0 Å². The summed E-state index contributed by atoms with van der Waals surface area (Å²) in [6.07, 6.45) is 0. The summed E-state index contributed by atoms with van der Waals surface area (Å²) in [6, 6.07) is 16.5. The van der Waals surface area contributed by atoms with Crippen LogP contribution in [0.25, 0.3) is 11.1 Å². The van der Waals surface area contributed by atoms with Crippen molar-refractivity contribution in [3.63, 3.8) is 0 Å². The van der Waals surface area contributed by atoms with Crippen LogP contribution >= 0.6 is 0 Å². The van der Waals surface area contributed by atoms with E-state index in [-0.39, 0.29) is 0 Å². The first-order valence-corrected chi connectivity index (χ1v) is 5.84. The van der Waals surface area contributed by atoms with E-state index in [0.717, 1.165) is 11.4 Å². The highest BCUT2D eigenvalue weighted by atomic mass is 16.5. The van der Waals surface area contributed by atoms with E-state index < -0.39 is 0 Å². The first-order valence-electron chi connectivity index (χ1n) is 5.84. The molecule has 0 aliphatic rings. The Labute approximate surface area is 102 Å². The van der Waals surface area contributed by atoms with Gasteiger partial charge in [0.05, 0.1) is 6.61 Å². The molecule has 2 aromatic carbocycles. The first-order chi connectivity index (χ1) is 8.33. The lowest BCUT2D eigenvalue weighted by Crippen LogP contribution is -1.91. The predicted octanol–water partition coefficient (Wildman–Crippen LogP) is 3.79. The Balaban J connectivity index is 2.34. The van der Waals surface area contributed by atoms with Gasteiger partial charge in [0, 0.05) is 12.7 Å². The van der Waals surface area contributed by atoms with Gasteiger partial charge in [0.2, 0.25) is 0 Å². The van der Waals surface area contributed by atoms with Crippen LogP contribution in [-0.4, -0.2) is 13.7 Å². The highest BCUT2D eigenvalue weighted by Crippen LogP contribution is 2.25. The lowest BCUT2D eigenvalue weighted by atomic mass is 10.0. The van der Waals surface area contributed by atoms with Crippen LogP contribution in [-0.2, 0) is 0 Å². The summed E-state index contributed by atoms with van der Waals surface area (Å²) in [4.78, 5) is 0. The van der Waals surface area contributed by atoms with Crippen LogP contribution in [0.15, 0.2) is 48.5 Å². The number of nitrogens with one attached hydrogen (secondary N) is 1. The number of benzene rings is 2. The second-order valence-electron chi connectivity index (χ2n) is 3.79. The minimum atomic E-state index is 0.694. The summed E-state index contributed by atoms with van der Waals surface area (Å²) in [7, 11) is 1.93. The normalized spacial score (nSPS) is 10.0. The third-order valence-corrected chi connectivity index (χ3v) is 2.63. The molecule has 0 heterocycles. The molecular weight excluding hydrogens is 210 g/mol. The molecule has 0 saturated heterocycles. The van der Waals surface area contributed by atoms with Crippen molar-refractivity contribution in [2.75, 3.05) is 19.0 Å². The third-order valence-electron chi connectivity index (χ3n) is 2.63. The summed E-state index contributed by atoms with van der Waals surface area (Å²) in [5.41, 5.74) is 3.48. The Morgan fingerprint density at radius 1 is 1.00 bits per heavy atom. The molecule has 0 atom stereocenters. The number of hydrogen-bond acceptors (Lipinski definition) is 2. The summed E-state index contributed by atoms with van der Waals surface area (Å²) in [6.45, 7) is 2.69. The van der Waals surface area contributed by atoms with Gasteiger partial charge in [0.25, 0.3) is 0 Å². The fraction of sp³-hybridized carbons (Fsp3) is 0.200. The summed E-state index contributed by atoms with van der Waals surface area (Å²) in [5, 5.41) is 3.15. The molecule has 2 nitrogen and oxygen atoms in total. The fourth-order valence-electron chi connectivity index (χ4n) is 1.79. The molecule has 88 valence electrons. The van der Waals surface area contributed by atoms with Crippen molar-refractivity contribution >= 4 is 5.69 Å². The van der Waals surface area contributed by atoms with Crippen LogP contribution in [0, 0.1) is 0 Å². The van der Waals surface area contributed by atoms with E-state index in [4.69, 9.17) is 4.74 Å². The van der Waals surface area contributed by atoms with Crippen molar-refractivity contribution < 1.29 is 4.74 Å². The molecular formula is C15H17NO. The van der Waals surface area contributed by atoms with Gasteiger partial charge in [-0.05, 0) is 42.3 Å². The molecule has 0 unspecified atom stereocenters. The predicted molar refractivity (Wildman–Crippen MR) is 72.6 cm³/mol. The maximum Gasteiger partial charge on any atom is 0.119 e. The second kappa shape index (κ2) is 5.39. The zero-order valence-electron chi connectivity index (χ0n) is 10.2. The molecule has 17 heavy (non-hydrogen) atoms. The largest absolute Gasteiger partial charge is 0.494 e. The van der Waals surface area contributed by atoms with Gasteiger partial charge in [0.1, 0.15) is 5.75 Å². The topological polar surface area (TPSA) is 21.3 Å². The molecule has 2 aromatic rings.